The highest BCUT2D eigenvalue weighted by Crippen LogP contribution is 2.36. The van der Waals surface area contributed by atoms with Crippen LogP contribution < -0.4 is 0 Å². The highest BCUT2D eigenvalue weighted by Gasteiger charge is 2.21. The summed E-state index contributed by atoms with van der Waals surface area (Å²) in [6.07, 6.45) is 0. The van der Waals surface area contributed by atoms with E-state index in [1.807, 2.05) is 0 Å². The molecular formula is C13H10Br2O4S. The Morgan fingerprint density at radius 3 is 2.00 bits per heavy atom. The van der Waals surface area contributed by atoms with E-state index in [0.29, 0.717) is 5.56 Å². The molecule has 0 radical (unpaired) electrons. The minimum Gasteiger partial charge on any atom is -0.508 e. The Bertz CT molecular complexity index is 762. The average Bonchev–Trinajstić information content (AvgIpc) is 2.38. The number of halogens is 2. The second-order valence-corrected chi connectivity index (χ2v) is 7.85. The number of phenolic OH excluding ortho intramolecular Hbond substituents is 2. The maximum atomic E-state index is 12.5. The van der Waals surface area contributed by atoms with Crippen molar-refractivity contribution in [1.29, 1.82) is 0 Å². The smallest absolute Gasteiger partial charge is 0.206 e. The molecule has 2 N–H and O–H groups in total. The van der Waals surface area contributed by atoms with Gasteiger partial charge in [0.15, 0.2) is 0 Å². The predicted molar refractivity (Wildman–Crippen MR) is 81.8 cm³/mol. The van der Waals surface area contributed by atoms with E-state index in [-0.39, 0.29) is 30.2 Å². The van der Waals surface area contributed by atoms with Crippen LogP contribution in [0.1, 0.15) is 5.56 Å². The lowest BCUT2D eigenvalue weighted by Crippen LogP contribution is -2.02. The summed E-state index contributed by atoms with van der Waals surface area (Å²) in [5.74, 6) is -0.0251. The zero-order valence-corrected chi connectivity index (χ0v) is 14.3. The van der Waals surface area contributed by atoms with Gasteiger partial charge in [-0.25, -0.2) is 8.42 Å². The van der Waals surface area contributed by atoms with E-state index < -0.39 is 9.84 Å². The first-order valence-corrected chi connectivity index (χ1v) is 8.53. The van der Waals surface area contributed by atoms with Crippen LogP contribution in [0.15, 0.2) is 49.1 Å². The fourth-order valence-electron chi connectivity index (χ4n) is 1.63. The van der Waals surface area contributed by atoms with Gasteiger partial charge < -0.3 is 10.2 Å². The molecule has 0 aromatic heterocycles. The van der Waals surface area contributed by atoms with Crippen LogP contribution in [0.25, 0.3) is 0 Å². The third-order valence-corrected chi connectivity index (χ3v) is 5.72. The molecule has 2 rings (SSSR count). The van der Waals surface area contributed by atoms with Crippen LogP contribution in [0.2, 0.25) is 0 Å². The van der Waals surface area contributed by atoms with Gasteiger partial charge in [0.05, 0.1) is 18.7 Å². The fourth-order valence-corrected chi connectivity index (χ4v) is 4.52. The van der Waals surface area contributed by atoms with Crippen LogP contribution in [0, 0.1) is 6.92 Å². The van der Waals surface area contributed by atoms with E-state index in [0.717, 1.165) is 0 Å². The molecule has 0 atom stereocenters. The Morgan fingerprint density at radius 1 is 0.950 bits per heavy atom. The Kier molecular flexibility index (Phi) is 4.13. The van der Waals surface area contributed by atoms with Crippen LogP contribution in [0.5, 0.6) is 11.5 Å². The first-order chi connectivity index (χ1) is 9.23. The Hall–Kier alpha value is -1.05. The number of aromatic hydroxyl groups is 2. The molecule has 0 bridgehead atoms. The summed E-state index contributed by atoms with van der Waals surface area (Å²) in [5.41, 5.74) is 0.475. The second kappa shape index (κ2) is 5.38. The summed E-state index contributed by atoms with van der Waals surface area (Å²) in [6.45, 7) is 1.62. The summed E-state index contributed by atoms with van der Waals surface area (Å²) in [4.78, 5) is 0.122. The van der Waals surface area contributed by atoms with E-state index in [1.54, 1.807) is 6.92 Å². The number of hydrogen-bond acceptors (Lipinski definition) is 4. The lowest BCUT2D eigenvalue weighted by atomic mass is 10.2. The van der Waals surface area contributed by atoms with Crippen molar-refractivity contribution < 1.29 is 18.6 Å². The standard InChI is InChI=1S/C13H10Br2O4S/c1-7-4-8(2-3-12(7)16)20(18,19)9-5-10(14)13(17)11(15)6-9/h2-6,16-17H,1H3. The molecule has 0 aliphatic rings. The molecule has 0 aliphatic carbocycles. The molecule has 4 nitrogen and oxygen atoms in total. The molecule has 0 saturated carbocycles. The van der Waals surface area contributed by atoms with Crippen molar-refractivity contribution >= 4 is 41.7 Å². The molecule has 106 valence electrons. The van der Waals surface area contributed by atoms with Gasteiger partial charge in [-0.2, -0.15) is 0 Å². The van der Waals surface area contributed by atoms with Crippen molar-refractivity contribution in [3.8, 4) is 11.5 Å². The van der Waals surface area contributed by atoms with Gasteiger partial charge in [-0.1, -0.05) is 0 Å². The Balaban J connectivity index is 2.63. The molecular weight excluding hydrogens is 412 g/mol. The zero-order valence-electron chi connectivity index (χ0n) is 10.3. The van der Waals surface area contributed by atoms with Gasteiger partial charge >= 0.3 is 0 Å². The van der Waals surface area contributed by atoms with Crippen LogP contribution in [0.4, 0.5) is 0 Å². The first kappa shape index (κ1) is 15.3. The lowest BCUT2D eigenvalue weighted by molar-refractivity contribution is 0.467. The summed E-state index contributed by atoms with van der Waals surface area (Å²) in [7, 11) is -3.72. The fraction of sp³-hybridized carbons (Fsp3) is 0.0769. The minimum atomic E-state index is -3.72. The van der Waals surface area contributed by atoms with Gasteiger partial charge in [-0.15, -0.1) is 0 Å². The quantitative estimate of drug-likeness (QED) is 0.773. The first-order valence-electron chi connectivity index (χ1n) is 5.46. The van der Waals surface area contributed by atoms with Crippen molar-refractivity contribution in [2.24, 2.45) is 0 Å². The van der Waals surface area contributed by atoms with Crippen molar-refractivity contribution in [2.75, 3.05) is 0 Å². The molecule has 20 heavy (non-hydrogen) atoms. The Morgan fingerprint density at radius 2 is 1.50 bits per heavy atom. The molecule has 0 amide bonds. The third-order valence-electron chi connectivity index (χ3n) is 2.78. The number of rotatable bonds is 2. The van der Waals surface area contributed by atoms with Crippen LogP contribution in [0.3, 0.4) is 0 Å². The van der Waals surface area contributed by atoms with Gasteiger partial charge in [-0.05, 0) is 74.7 Å². The molecule has 0 heterocycles. The highest BCUT2D eigenvalue weighted by atomic mass is 79.9. The molecule has 2 aromatic rings. The third kappa shape index (κ3) is 2.70. The predicted octanol–water partition coefficient (Wildman–Crippen LogP) is 3.76. The van der Waals surface area contributed by atoms with Crippen LogP contribution in [-0.2, 0) is 9.84 Å². The number of benzene rings is 2. The van der Waals surface area contributed by atoms with E-state index >= 15 is 0 Å². The van der Waals surface area contributed by atoms with Crippen LogP contribution >= 0.6 is 31.9 Å². The summed E-state index contributed by atoms with van der Waals surface area (Å²) in [5, 5.41) is 19.1. The monoisotopic (exact) mass is 420 g/mol. The van der Waals surface area contributed by atoms with Gasteiger partial charge in [-0.3, -0.25) is 0 Å². The summed E-state index contributed by atoms with van der Waals surface area (Å²) in [6, 6.07) is 6.74. The van der Waals surface area contributed by atoms with Crippen molar-refractivity contribution in [3.63, 3.8) is 0 Å². The number of hydrogen-bond donors (Lipinski definition) is 2. The average molecular weight is 422 g/mol. The van der Waals surface area contributed by atoms with Gasteiger partial charge in [0.2, 0.25) is 9.84 Å². The van der Waals surface area contributed by atoms with Crippen molar-refractivity contribution in [2.45, 2.75) is 16.7 Å². The largest absolute Gasteiger partial charge is 0.508 e. The van der Waals surface area contributed by atoms with Crippen molar-refractivity contribution in [1.82, 2.24) is 0 Å². The molecule has 0 spiro atoms. The lowest BCUT2D eigenvalue weighted by Gasteiger charge is -2.09. The topological polar surface area (TPSA) is 74.6 Å². The normalized spacial score (nSPS) is 11.6. The zero-order chi connectivity index (χ0) is 15.1. The molecule has 7 heteroatoms. The molecule has 0 aliphatic heterocycles. The summed E-state index contributed by atoms with van der Waals surface area (Å²) < 4.78 is 25.6. The van der Waals surface area contributed by atoms with Crippen molar-refractivity contribution in [3.05, 3.63) is 44.8 Å². The number of sulfone groups is 1. The van der Waals surface area contributed by atoms with E-state index in [9.17, 15) is 18.6 Å². The molecule has 2 aromatic carbocycles. The van der Waals surface area contributed by atoms with E-state index in [2.05, 4.69) is 31.9 Å². The highest BCUT2D eigenvalue weighted by molar-refractivity contribution is 9.11. The molecule has 0 saturated heterocycles. The number of aryl methyl sites for hydroxylation is 1. The maximum absolute atomic E-state index is 12.5. The number of phenols is 2. The maximum Gasteiger partial charge on any atom is 0.206 e. The molecule has 0 fully saturated rings. The van der Waals surface area contributed by atoms with E-state index in [4.69, 9.17) is 0 Å². The Labute approximate surface area is 133 Å². The van der Waals surface area contributed by atoms with E-state index in [1.165, 1.54) is 30.3 Å². The second-order valence-electron chi connectivity index (χ2n) is 4.19. The van der Waals surface area contributed by atoms with Gasteiger partial charge in [0, 0.05) is 0 Å². The summed E-state index contributed by atoms with van der Waals surface area (Å²) >= 11 is 6.21. The van der Waals surface area contributed by atoms with Gasteiger partial charge in [0.1, 0.15) is 11.5 Å². The minimum absolute atomic E-state index is 0.0389. The van der Waals surface area contributed by atoms with Gasteiger partial charge in [0.25, 0.3) is 0 Å². The molecule has 0 unspecified atom stereocenters. The SMILES string of the molecule is Cc1cc(S(=O)(=O)c2cc(Br)c(O)c(Br)c2)ccc1O. The van der Waals surface area contributed by atoms with Crippen LogP contribution in [-0.4, -0.2) is 18.6 Å².